The van der Waals surface area contributed by atoms with Gasteiger partial charge in [-0.25, -0.2) is 4.98 Å². The fourth-order valence-electron chi connectivity index (χ4n) is 3.50. The van der Waals surface area contributed by atoms with Crippen LogP contribution in [-0.2, 0) is 9.59 Å². The topological polar surface area (TPSA) is 71.1 Å². The van der Waals surface area contributed by atoms with Crippen LogP contribution in [0.5, 0.6) is 0 Å². The number of carbonyl (C=O) groups is 2. The summed E-state index contributed by atoms with van der Waals surface area (Å²) in [4.78, 5) is 31.1. The molecule has 5 nitrogen and oxygen atoms in total. The van der Waals surface area contributed by atoms with Gasteiger partial charge in [-0.3, -0.25) is 9.59 Å². The molecule has 0 aliphatic heterocycles. The summed E-state index contributed by atoms with van der Waals surface area (Å²) in [7, 11) is 0. The van der Waals surface area contributed by atoms with Gasteiger partial charge in [0.25, 0.3) is 0 Å². The molecule has 1 atom stereocenters. The molecule has 0 saturated heterocycles. The Balaban J connectivity index is 1.50. The minimum atomic E-state index is -0.500. The van der Waals surface area contributed by atoms with Crippen molar-refractivity contribution in [2.24, 2.45) is 0 Å². The normalized spacial score (nSPS) is 11.6. The van der Waals surface area contributed by atoms with E-state index in [0.29, 0.717) is 16.6 Å². The highest BCUT2D eigenvalue weighted by Crippen LogP contribution is 2.37. The van der Waals surface area contributed by atoms with Gasteiger partial charge in [-0.15, -0.1) is 23.1 Å². The molecule has 1 aromatic heterocycles. The Morgan fingerprint density at radius 1 is 1.00 bits per heavy atom. The van der Waals surface area contributed by atoms with Crippen LogP contribution in [-0.4, -0.2) is 16.8 Å². The van der Waals surface area contributed by atoms with Gasteiger partial charge in [0.15, 0.2) is 5.13 Å². The maximum Gasteiger partial charge on any atom is 0.244 e. The lowest BCUT2D eigenvalue weighted by atomic mass is 10.1. The van der Waals surface area contributed by atoms with Gasteiger partial charge in [0.2, 0.25) is 11.8 Å². The molecule has 0 spiro atoms. The fourth-order valence-corrected chi connectivity index (χ4v) is 5.43. The van der Waals surface area contributed by atoms with Gasteiger partial charge in [-0.2, -0.15) is 0 Å². The molecular formula is C28H26ClN3O2S2. The zero-order valence-electron chi connectivity index (χ0n) is 19.7. The first-order chi connectivity index (χ1) is 17.5. The third-order valence-electron chi connectivity index (χ3n) is 5.34. The summed E-state index contributed by atoms with van der Waals surface area (Å²) in [6, 6.07) is 24.7. The number of amides is 2. The van der Waals surface area contributed by atoms with Crippen LogP contribution in [0.4, 0.5) is 10.8 Å². The van der Waals surface area contributed by atoms with E-state index < -0.39 is 5.25 Å². The summed E-state index contributed by atoms with van der Waals surface area (Å²) in [5.41, 5.74) is 3.32. The zero-order valence-corrected chi connectivity index (χ0v) is 22.1. The molecule has 0 fully saturated rings. The lowest BCUT2D eigenvalue weighted by Crippen LogP contribution is -2.19. The molecular weight excluding hydrogens is 510 g/mol. The average molecular weight is 536 g/mol. The Hall–Kier alpha value is -3.13. The van der Waals surface area contributed by atoms with Crippen LogP contribution in [0.2, 0.25) is 5.02 Å². The summed E-state index contributed by atoms with van der Waals surface area (Å²) in [6.45, 7) is 2.06. The van der Waals surface area contributed by atoms with Crippen LogP contribution in [0.1, 0.15) is 37.0 Å². The number of hydrogen-bond acceptors (Lipinski definition) is 5. The first-order valence-electron chi connectivity index (χ1n) is 11.7. The highest BCUT2D eigenvalue weighted by atomic mass is 35.5. The molecule has 36 heavy (non-hydrogen) atoms. The van der Waals surface area contributed by atoms with Gasteiger partial charge < -0.3 is 10.6 Å². The number of benzene rings is 3. The largest absolute Gasteiger partial charge is 0.326 e. The molecule has 1 unspecified atom stereocenters. The van der Waals surface area contributed by atoms with E-state index in [1.807, 2.05) is 84.2 Å². The second-order valence-corrected chi connectivity index (χ2v) is 10.6. The van der Waals surface area contributed by atoms with Crippen LogP contribution in [0.15, 0.2) is 89.1 Å². The highest BCUT2D eigenvalue weighted by molar-refractivity contribution is 8.00. The Kier molecular flexibility index (Phi) is 9.17. The van der Waals surface area contributed by atoms with Crippen molar-refractivity contribution in [1.29, 1.82) is 0 Å². The average Bonchev–Trinajstić information content (AvgIpc) is 3.35. The van der Waals surface area contributed by atoms with Crippen molar-refractivity contribution in [3.8, 4) is 11.3 Å². The van der Waals surface area contributed by atoms with Crippen molar-refractivity contribution in [2.45, 2.75) is 36.3 Å². The Morgan fingerprint density at radius 2 is 1.78 bits per heavy atom. The summed E-state index contributed by atoms with van der Waals surface area (Å²) in [6.07, 6.45) is 2.32. The van der Waals surface area contributed by atoms with Crippen LogP contribution in [0.25, 0.3) is 11.3 Å². The van der Waals surface area contributed by atoms with Crippen LogP contribution in [0, 0.1) is 0 Å². The van der Waals surface area contributed by atoms with Gasteiger partial charge in [0.05, 0.1) is 5.69 Å². The highest BCUT2D eigenvalue weighted by Gasteiger charge is 2.23. The number of anilines is 2. The van der Waals surface area contributed by atoms with Gasteiger partial charge in [-0.05, 0) is 42.3 Å². The van der Waals surface area contributed by atoms with E-state index in [1.54, 1.807) is 0 Å². The van der Waals surface area contributed by atoms with Crippen molar-refractivity contribution in [3.63, 3.8) is 0 Å². The second-order valence-electron chi connectivity index (χ2n) is 8.12. The SMILES string of the molecule is CCCCC(=O)Nc1cccc(SC(C(=O)Nc2nc(-c3ccc(Cl)cc3)cs2)c2ccccc2)c1. The number of thioether (sulfide) groups is 1. The first-order valence-corrected chi connectivity index (χ1v) is 13.8. The Bertz CT molecular complexity index is 1310. The molecule has 2 amide bonds. The standard InChI is InChI=1S/C28H26ClN3O2S2/c1-2-3-12-25(33)30-22-10-7-11-23(17-22)36-26(20-8-5-4-6-9-20)27(34)32-28-31-24(18-35-28)19-13-15-21(29)16-14-19/h4-11,13-18,26H,2-3,12H2,1H3,(H,30,33)(H,31,32,34). The molecule has 0 radical (unpaired) electrons. The number of halogens is 1. The van der Waals surface area contributed by atoms with Crippen LogP contribution in [0.3, 0.4) is 0 Å². The maximum atomic E-state index is 13.4. The van der Waals surface area contributed by atoms with E-state index in [2.05, 4.69) is 22.5 Å². The molecule has 184 valence electrons. The smallest absolute Gasteiger partial charge is 0.244 e. The van der Waals surface area contributed by atoms with Crippen LogP contribution < -0.4 is 10.6 Å². The number of rotatable bonds is 10. The molecule has 2 N–H and O–H groups in total. The number of nitrogens with zero attached hydrogens (tertiary/aromatic N) is 1. The molecule has 4 rings (SSSR count). The van der Waals surface area contributed by atoms with Gasteiger partial charge in [0, 0.05) is 33.0 Å². The quantitative estimate of drug-likeness (QED) is 0.201. The molecule has 0 aliphatic rings. The summed E-state index contributed by atoms with van der Waals surface area (Å²) < 4.78 is 0. The minimum absolute atomic E-state index is 0.00314. The number of hydrogen-bond donors (Lipinski definition) is 2. The number of nitrogens with one attached hydrogen (secondary N) is 2. The van der Waals surface area contributed by atoms with E-state index >= 15 is 0 Å². The first kappa shape index (κ1) is 25.9. The predicted octanol–water partition coefficient (Wildman–Crippen LogP) is 8.06. The van der Waals surface area contributed by atoms with E-state index in [4.69, 9.17) is 11.6 Å². The van der Waals surface area contributed by atoms with E-state index in [0.717, 1.165) is 40.2 Å². The third-order valence-corrected chi connectivity index (χ3v) is 7.60. The van der Waals surface area contributed by atoms with Crippen molar-refractivity contribution in [3.05, 3.63) is 94.8 Å². The predicted molar refractivity (Wildman–Crippen MR) is 151 cm³/mol. The Morgan fingerprint density at radius 3 is 2.53 bits per heavy atom. The maximum absolute atomic E-state index is 13.4. The van der Waals surface area contributed by atoms with Crippen molar-refractivity contribution >= 4 is 57.3 Å². The summed E-state index contributed by atoms with van der Waals surface area (Å²) in [5.74, 6) is -0.169. The monoisotopic (exact) mass is 535 g/mol. The van der Waals surface area contributed by atoms with Crippen molar-refractivity contribution < 1.29 is 9.59 Å². The minimum Gasteiger partial charge on any atom is -0.326 e. The molecule has 8 heteroatoms. The summed E-state index contributed by atoms with van der Waals surface area (Å²) >= 11 is 8.80. The van der Waals surface area contributed by atoms with Crippen LogP contribution >= 0.6 is 34.7 Å². The molecule has 0 saturated carbocycles. The molecule has 0 bridgehead atoms. The third kappa shape index (κ3) is 7.20. The van der Waals surface area contributed by atoms with Gasteiger partial charge in [0.1, 0.15) is 5.25 Å². The van der Waals surface area contributed by atoms with Crippen molar-refractivity contribution in [2.75, 3.05) is 10.6 Å². The Labute approximate surface area is 224 Å². The molecule has 3 aromatic carbocycles. The fraction of sp³-hybridized carbons (Fsp3) is 0.179. The zero-order chi connectivity index (χ0) is 25.3. The molecule has 0 aliphatic carbocycles. The van der Waals surface area contributed by atoms with Gasteiger partial charge in [-0.1, -0.05) is 73.5 Å². The van der Waals surface area contributed by atoms with Gasteiger partial charge >= 0.3 is 0 Å². The van der Waals surface area contributed by atoms with E-state index in [-0.39, 0.29) is 11.8 Å². The van der Waals surface area contributed by atoms with E-state index in [1.165, 1.54) is 23.1 Å². The second kappa shape index (κ2) is 12.7. The lowest BCUT2D eigenvalue weighted by Gasteiger charge is -2.17. The molecule has 1 heterocycles. The van der Waals surface area contributed by atoms with Crippen molar-refractivity contribution in [1.82, 2.24) is 4.98 Å². The number of aromatic nitrogens is 1. The number of unbranched alkanes of at least 4 members (excludes halogenated alkanes) is 1. The number of thiazole rings is 1. The van der Waals surface area contributed by atoms with E-state index in [9.17, 15) is 9.59 Å². The number of carbonyl (C=O) groups excluding carboxylic acids is 2. The summed E-state index contributed by atoms with van der Waals surface area (Å²) in [5, 5.41) is 8.54. The molecule has 4 aromatic rings. The lowest BCUT2D eigenvalue weighted by molar-refractivity contribution is -0.116.